The molecule has 10 nitrogen and oxygen atoms in total. The van der Waals surface area contributed by atoms with E-state index >= 15 is 0 Å². The van der Waals surface area contributed by atoms with Crippen LogP contribution in [-0.2, 0) is 22.7 Å². The number of para-hydroxylation sites is 1. The van der Waals surface area contributed by atoms with Gasteiger partial charge in [-0.15, -0.1) is 10.2 Å². The molecule has 4 aromatic rings. The second-order valence-electron chi connectivity index (χ2n) is 7.63. The highest BCUT2D eigenvalue weighted by Gasteiger charge is 2.15. The highest BCUT2D eigenvalue weighted by Crippen LogP contribution is 2.28. The van der Waals surface area contributed by atoms with E-state index in [9.17, 15) is 9.59 Å². The van der Waals surface area contributed by atoms with Crippen molar-refractivity contribution in [3.63, 3.8) is 0 Å². The number of fused-ring (bicyclic) bond motifs is 1. The summed E-state index contributed by atoms with van der Waals surface area (Å²) in [6.07, 6.45) is 3.13. The maximum absolute atomic E-state index is 12.4. The Hall–Kier alpha value is -3.90. The summed E-state index contributed by atoms with van der Waals surface area (Å²) in [5.41, 5.74) is 1.65. The van der Waals surface area contributed by atoms with Gasteiger partial charge in [-0.3, -0.25) is 9.59 Å². The number of thiazole rings is 1. The zero-order valence-corrected chi connectivity index (χ0v) is 22.2. The molecular weight excluding hydrogens is 512 g/mol. The predicted octanol–water partition coefficient (Wildman–Crippen LogP) is 3.99. The van der Waals surface area contributed by atoms with Crippen LogP contribution in [0.5, 0.6) is 11.5 Å². The first-order valence-electron chi connectivity index (χ1n) is 11.4. The van der Waals surface area contributed by atoms with Gasteiger partial charge in [-0.05, 0) is 42.8 Å². The molecule has 2 aromatic carbocycles. The van der Waals surface area contributed by atoms with Crippen LogP contribution >= 0.6 is 23.1 Å². The molecule has 0 fully saturated rings. The number of hydrogen-bond donors (Lipinski definition) is 2. The minimum atomic E-state index is -0.273. The number of carbonyl (C=O) groups is 2. The molecule has 2 amide bonds. The van der Waals surface area contributed by atoms with E-state index in [0.717, 1.165) is 15.8 Å². The summed E-state index contributed by atoms with van der Waals surface area (Å²) >= 11 is 2.71. The summed E-state index contributed by atoms with van der Waals surface area (Å²) in [5.74, 6) is 1.51. The standard InChI is InChI=1S/C25H26N6O4S2/c1-4-31-21(14-26-22(32)12-10-16-9-11-18(34-2)19(13-16)35-3)29-30-25(31)36-15-23(33)28-24-27-17-7-5-6-8-20(17)37-24/h5-13H,4,14-15H2,1-3H3,(H,26,32)(H,27,28,33). The fraction of sp³-hybridized carbons (Fsp3) is 0.240. The van der Waals surface area contributed by atoms with Crippen molar-refractivity contribution in [1.82, 2.24) is 25.1 Å². The summed E-state index contributed by atoms with van der Waals surface area (Å²) in [6, 6.07) is 13.1. The second kappa shape index (κ2) is 12.4. The molecule has 0 bridgehead atoms. The molecule has 2 aromatic heterocycles. The highest BCUT2D eigenvalue weighted by molar-refractivity contribution is 7.99. The van der Waals surface area contributed by atoms with E-state index in [1.165, 1.54) is 29.2 Å². The average Bonchev–Trinajstić information content (AvgIpc) is 3.51. The van der Waals surface area contributed by atoms with Crippen LogP contribution in [0, 0.1) is 0 Å². The third kappa shape index (κ3) is 6.66. The third-order valence-corrected chi connectivity index (χ3v) is 7.16. The fourth-order valence-electron chi connectivity index (χ4n) is 3.44. The molecule has 0 radical (unpaired) electrons. The van der Waals surface area contributed by atoms with Gasteiger partial charge in [-0.2, -0.15) is 0 Å². The van der Waals surface area contributed by atoms with Crippen molar-refractivity contribution in [1.29, 1.82) is 0 Å². The quantitative estimate of drug-likeness (QED) is 0.217. The smallest absolute Gasteiger partial charge is 0.244 e. The van der Waals surface area contributed by atoms with E-state index in [2.05, 4.69) is 25.8 Å². The first-order chi connectivity index (χ1) is 18.0. The maximum atomic E-state index is 12.4. The predicted molar refractivity (Wildman–Crippen MR) is 145 cm³/mol. The minimum absolute atomic E-state index is 0.161. The zero-order valence-electron chi connectivity index (χ0n) is 20.6. The van der Waals surface area contributed by atoms with Crippen LogP contribution in [0.1, 0.15) is 18.3 Å². The van der Waals surface area contributed by atoms with E-state index in [1.54, 1.807) is 32.4 Å². The lowest BCUT2D eigenvalue weighted by molar-refractivity contribution is -0.116. The number of nitrogens with zero attached hydrogens (tertiary/aromatic N) is 4. The Kier molecular flexibility index (Phi) is 8.75. The number of aromatic nitrogens is 4. The van der Waals surface area contributed by atoms with Crippen molar-refractivity contribution in [2.24, 2.45) is 0 Å². The van der Waals surface area contributed by atoms with E-state index in [0.29, 0.717) is 34.2 Å². The van der Waals surface area contributed by atoms with Crippen LogP contribution < -0.4 is 20.1 Å². The number of hydrogen-bond acceptors (Lipinski definition) is 9. The van der Waals surface area contributed by atoms with Crippen LogP contribution in [0.3, 0.4) is 0 Å². The molecule has 0 aliphatic carbocycles. The van der Waals surface area contributed by atoms with Crippen molar-refractivity contribution in [2.45, 2.75) is 25.2 Å². The molecular formula is C25H26N6O4S2. The first-order valence-corrected chi connectivity index (χ1v) is 13.2. The van der Waals surface area contributed by atoms with Crippen molar-refractivity contribution < 1.29 is 19.1 Å². The number of thioether (sulfide) groups is 1. The number of nitrogens with one attached hydrogen (secondary N) is 2. The van der Waals surface area contributed by atoms with Crippen LogP contribution in [0.15, 0.2) is 53.7 Å². The Bertz CT molecular complexity index is 1400. The molecule has 0 aliphatic rings. The molecule has 2 heterocycles. The molecule has 4 rings (SSSR count). The SMILES string of the molecule is CCn1c(CNC(=O)C=Cc2ccc(OC)c(OC)c2)nnc1SCC(=O)Nc1nc2ccccc2s1. The van der Waals surface area contributed by atoms with Gasteiger partial charge in [0.1, 0.15) is 0 Å². The number of ether oxygens (including phenoxy) is 2. The summed E-state index contributed by atoms with van der Waals surface area (Å²) in [7, 11) is 3.13. The number of amides is 2. The van der Waals surface area contributed by atoms with Crippen molar-refractivity contribution >= 4 is 56.3 Å². The first kappa shape index (κ1) is 26.2. The lowest BCUT2D eigenvalue weighted by Gasteiger charge is -2.08. The molecule has 12 heteroatoms. The van der Waals surface area contributed by atoms with Crippen molar-refractivity contribution in [3.05, 3.63) is 59.9 Å². The molecule has 2 N–H and O–H groups in total. The van der Waals surface area contributed by atoms with Crippen molar-refractivity contribution in [3.8, 4) is 11.5 Å². The van der Waals surface area contributed by atoms with Crippen molar-refractivity contribution in [2.75, 3.05) is 25.3 Å². The molecule has 37 heavy (non-hydrogen) atoms. The van der Waals surface area contributed by atoms with Gasteiger partial charge >= 0.3 is 0 Å². The summed E-state index contributed by atoms with van der Waals surface area (Å²) < 4.78 is 13.4. The molecule has 0 spiro atoms. The molecule has 0 unspecified atom stereocenters. The second-order valence-corrected chi connectivity index (χ2v) is 9.61. The van der Waals surface area contributed by atoms with Crippen LogP contribution in [0.2, 0.25) is 0 Å². The summed E-state index contributed by atoms with van der Waals surface area (Å²) in [5, 5.41) is 15.2. The molecule has 0 atom stereocenters. The fourth-order valence-corrected chi connectivity index (χ4v) is 5.14. The molecule has 0 saturated heterocycles. The van der Waals surface area contributed by atoms with Gasteiger partial charge in [0.25, 0.3) is 0 Å². The molecule has 0 aliphatic heterocycles. The molecule has 192 valence electrons. The summed E-state index contributed by atoms with van der Waals surface area (Å²) in [4.78, 5) is 29.2. The Morgan fingerprint density at radius 3 is 2.68 bits per heavy atom. The lowest BCUT2D eigenvalue weighted by Crippen LogP contribution is -2.22. The van der Waals surface area contributed by atoms with Gasteiger partial charge in [0.15, 0.2) is 27.6 Å². The normalized spacial score (nSPS) is 11.1. The number of anilines is 1. The van der Waals surface area contributed by atoms with Crippen LogP contribution in [0.25, 0.3) is 16.3 Å². The largest absolute Gasteiger partial charge is 0.493 e. The van der Waals surface area contributed by atoms with Gasteiger partial charge < -0.3 is 24.7 Å². The van der Waals surface area contributed by atoms with Crippen LogP contribution in [-0.4, -0.2) is 51.5 Å². The van der Waals surface area contributed by atoms with Gasteiger partial charge in [0, 0.05) is 12.6 Å². The topological polar surface area (TPSA) is 120 Å². The number of methoxy groups -OCH3 is 2. The monoisotopic (exact) mass is 538 g/mol. The van der Waals surface area contributed by atoms with Crippen LogP contribution in [0.4, 0.5) is 5.13 Å². The third-order valence-electron chi connectivity index (χ3n) is 5.24. The van der Waals surface area contributed by atoms with E-state index in [4.69, 9.17) is 9.47 Å². The minimum Gasteiger partial charge on any atom is -0.493 e. The van der Waals surface area contributed by atoms with Gasteiger partial charge in [-0.25, -0.2) is 4.98 Å². The Morgan fingerprint density at radius 2 is 1.92 bits per heavy atom. The number of benzene rings is 2. The zero-order chi connectivity index (χ0) is 26.2. The Morgan fingerprint density at radius 1 is 1.11 bits per heavy atom. The van der Waals surface area contributed by atoms with Gasteiger partial charge in [0.2, 0.25) is 11.8 Å². The van der Waals surface area contributed by atoms with Gasteiger partial charge in [-0.1, -0.05) is 41.3 Å². The maximum Gasteiger partial charge on any atom is 0.244 e. The van der Waals surface area contributed by atoms with E-state index in [-0.39, 0.29) is 24.1 Å². The summed E-state index contributed by atoms with van der Waals surface area (Å²) in [6.45, 7) is 2.76. The van der Waals surface area contributed by atoms with E-state index in [1.807, 2.05) is 41.8 Å². The highest BCUT2D eigenvalue weighted by atomic mass is 32.2. The average molecular weight is 539 g/mol. The number of rotatable bonds is 11. The lowest BCUT2D eigenvalue weighted by atomic mass is 10.2. The van der Waals surface area contributed by atoms with Gasteiger partial charge in [0.05, 0.1) is 36.7 Å². The number of carbonyl (C=O) groups excluding carboxylic acids is 2. The molecule has 0 saturated carbocycles. The Balaban J connectivity index is 1.30. The van der Waals surface area contributed by atoms with E-state index < -0.39 is 0 Å². The Labute approximate surface area is 222 Å².